The van der Waals surface area contributed by atoms with Crippen LogP contribution in [0.25, 0.3) is 0 Å². The third-order valence-corrected chi connectivity index (χ3v) is 9.70. The normalized spacial score (nSPS) is 10.9. The van der Waals surface area contributed by atoms with Gasteiger partial charge in [-0.3, -0.25) is 0 Å². The standard InChI is InChI=1S/C27H24F2OP.BrH/c28-18-19-30-24-14-16-27(17-15-24)31(25-10-3-1-4-11-25,26-12-5-2-6-13-26)21-22-8-7-9-23(29)20-22;/h1-17,20H,18-19,21H2;1H/q+1;. The maximum Gasteiger partial charge on any atom is 0.123 e. The Morgan fingerprint density at radius 2 is 1.22 bits per heavy atom. The molecule has 0 bridgehead atoms. The summed E-state index contributed by atoms with van der Waals surface area (Å²) < 4.78 is 32.1. The van der Waals surface area contributed by atoms with Gasteiger partial charge in [0.15, 0.2) is 0 Å². The Morgan fingerprint density at radius 3 is 1.75 bits per heavy atom. The predicted octanol–water partition coefficient (Wildman–Crippen LogP) is 6.25. The Kier molecular flexibility index (Phi) is 8.55. The number of rotatable bonds is 8. The topological polar surface area (TPSA) is 9.23 Å². The van der Waals surface area contributed by atoms with Crippen LogP contribution in [0.5, 0.6) is 5.75 Å². The molecular formula is C27H25BrF2OP+. The summed E-state index contributed by atoms with van der Waals surface area (Å²) in [4.78, 5) is 0. The van der Waals surface area contributed by atoms with E-state index in [1.54, 1.807) is 12.1 Å². The zero-order valence-electron chi connectivity index (χ0n) is 17.5. The van der Waals surface area contributed by atoms with Crippen LogP contribution in [0, 0.1) is 5.82 Å². The van der Waals surface area contributed by atoms with Crippen molar-refractivity contribution in [2.45, 2.75) is 6.16 Å². The molecule has 164 valence electrons. The molecule has 0 aliphatic rings. The van der Waals surface area contributed by atoms with Gasteiger partial charge in [-0.05, 0) is 66.2 Å². The molecule has 4 rings (SSSR count). The van der Waals surface area contributed by atoms with E-state index in [4.69, 9.17) is 4.74 Å². The van der Waals surface area contributed by atoms with Gasteiger partial charge in [0.25, 0.3) is 0 Å². The Balaban J connectivity index is 0.00000289. The molecule has 1 nitrogen and oxygen atoms in total. The van der Waals surface area contributed by atoms with Gasteiger partial charge in [-0.25, -0.2) is 8.78 Å². The molecule has 0 radical (unpaired) electrons. The highest BCUT2D eigenvalue weighted by molar-refractivity contribution is 8.93. The first-order valence-corrected chi connectivity index (χ1v) is 12.2. The number of hydrogen-bond donors (Lipinski definition) is 0. The van der Waals surface area contributed by atoms with Gasteiger partial charge >= 0.3 is 0 Å². The van der Waals surface area contributed by atoms with Gasteiger partial charge in [-0.1, -0.05) is 48.5 Å². The summed E-state index contributed by atoms with van der Waals surface area (Å²) in [6, 6.07) is 35.7. The molecule has 0 saturated heterocycles. The number of ether oxygens (including phenoxy) is 1. The van der Waals surface area contributed by atoms with Crippen LogP contribution in [-0.2, 0) is 6.16 Å². The predicted molar refractivity (Wildman–Crippen MR) is 137 cm³/mol. The quantitative estimate of drug-likeness (QED) is 0.253. The lowest BCUT2D eigenvalue weighted by Gasteiger charge is -2.28. The van der Waals surface area contributed by atoms with Crippen molar-refractivity contribution in [2.24, 2.45) is 0 Å². The summed E-state index contributed by atoms with van der Waals surface area (Å²) in [5, 5.41) is 3.62. The maximum atomic E-state index is 14.1. The number of alkyl halides is 1. The highest BCUT2D eigenvalue weighted by Crippen LogP contribution is 2.58. The second-order valence-electron chi connectivity index (χ2n) is 7.30. The molecule has 0 saturated carbocycles. The van der Waals surface area contributed by atoms with E-state index in [2.05, 4.69) is 60.7 Å². The van der Waals surface area contributed by atoms with Crippen LogP contribution in [0.15, 0.2) is 109 Å². The molecule has 0 spiro atoms. The van der Waals surface area contributed by atoms with Crippen molar-refractivity contribution >= 4 is 40.2 Å². The fourth-order valence-corrected chi connectivity index (χ4v) is 8.16. The highest BCUT2D eigenvalue weighted by Gasteiger charge is 2.45. The SMILES string of the molecule is Br.FCCOc1ccc([P+](Cc2cccc(F)c2)(c2ccccc2)c2ccccc2)cc1. The first-order valence-electron chi connectivity index (χ1n) is 10.3. The summed E-state index contributed by atoms with van der Waals surface area (Å²) in [7, 11) is -2.14. The van der Waals surface area contributed by atoms with E-state index in [-0.39, 0.29) is 29.4 Å². The summed E-state index contributed by atoms with van der Waals surface area (Å²) in [5.74, 6) is 0.415. The van der Waals surface area contributed by atoms with Crippen molar-refractivity contribution in [1.82, 2.24) is 0 Å². The lowest BCUT2D eigenvalue weighted by molar-refractivity contribution is 0.273. The largest absolute Gasteiger partial charge is 0.491 e. The van der Waals surface area contributed by atoms with E-state index in [0.717, 1.165) is 5.56 Å². The average Bonchev–Trinajstić information content (AvgIpc) is 2.83. The van der Waals surface area contributed by atoms with Gasteiger partial charge in [0, 0.05) is 0 Å². The van der Waals surface area contributed by atoms with Gasteiger partial charge in [0.05, 0.1) is 6.16 Å². The molecule has 0 unspecified atom stereocenters. The van der Waals surface area contributed by atoms with E-state index in [9.17, 15) is 8.78 Å². The highest BCUT2D eigenvalue weighted by atomic mass is 79.9. The number of halogens is 3. The molecule has 0 aromatic heterocycles. The van der Waals surface area contributed by atoms with E-state index in [0.29, 0.717) is 11.9 Å². The maximum absolute atomic E-state index is 14.1. The molecule has 0 aliphatic carbocycles. The molecule has 0 fully saturated rings. The Morgan fingerprint density at radius 1 is 0.656 bits per heavy atom. The van der Waals surface area contributed by atoms with Gasteiger partial charge in [-0.2, -0.15) is 0 Å². The van der Waals surface area contributed by atoms with Crippen LogP contribution < -0.4 is 20.7 Å². The molecule has 0 atom stereocenters. The minimum atomic E-state index is -2.14. The van der Waals surface area contributed by atoms with E-state index in [1.165, 1.54) is 22.0 Å². The first kappa shape index (κ1) is 24.1. The minimum Gasteiger partial charge on any atom is -0.491 e. The second-order valence-corrected chi connectivity index (χ2v) is 10.8. The van der Waals surface area contributed by atoms with Crippen LogP contribution in [0.3, 0.4) is 0 Å². The molecule has 5 heteroatoms. The van der Waals surface area contributed by atoms with Crippen molar-refractivity contribution in [1.29, 1.82) is 0 Å². The first-order chi connectivity index (χ1) is 15.2. The number of hydrogen-bond acceptors (Lipinski definition) is 1. The molecular weight excluding hydrogens is 489 g/mol. The van der Waals surface area contributed by atoms with Crippen LogP contribution in [0.1, 0.15) is 5.56 Å². The summed E-state index contributed by atoms with van der Waals surface area (Å²) >= 11 is 0. The Labute approximate surface area is 199 Å². The Bertz CT molecular complexity index is 1070. The molecule has 0 N–H and O–H groups in total. The minimum absolute atomic E-state index is 0. The fourth-order valence-electron chi connectivity index (χ4n) is 3.95. The van der Waals surface area contributed by atoms with Crippen LogP contribution in [0.2, 0.25) is 0 Å². The van der Waals surface area contributed by atoms with Gasteiger partial charge in [0.1, 0.15) is 48.0 Å². The van der Waals surface area contributed by atoms with Crippen molar-refractivity contribution in [3.63, 3.8) is 0 Å². The molecule has 0 amide bonds. The van der Waals surface area contributed by atoms with E-state index in [1.807, 2.05) is 30.3 Å². The van der Waals surface area contributed by atoms with E-state index >= 15 is 0 Å². The fraction of sp³-hybridized carbons (Fsp3) is 0.111. The second kappa shape index (κ2) is 11.4. The van der Waals surface area contributed by atoms with Crippen LogP contribution >= 0.6 is 24.2 Å². The lowest BCUT2D eigenvalue weighted by Crippen LogP contribution is -2.32. The summed E-state index contributed by atoms with van der Waals surface area (Å²) in [5.41, 5.74) is 0.957. The van der Waals surface area contributed by atoms with E-state index < -0.39 is 13.9 Å². The van der Waals surface area contributed by atoms with Gasteiger partial charge in [0.2, 0.25) is 0 Å². The molecule has 0 heterocycles. The average molecular weight is 514 g/mol. The van der Waals surface area contributed by atoms with Crippen molar-refractivity contribution in [3.05, 3.63) is 121 Å². The van der Waals surface area contributed by atoms with Gasteiger partial charge in [-0.15, -0.1) is 17.0 Å². The smallest absolute Gasteiger partial charge is 0.123 e. The molecule has 0 aliphatic heterocycles. The third kappa shape index (κ3) is 5.26. The molecule has 32 heavy (non-hydrogen) atoms. The van der Waals surface area contributed by atoms with Crippen molar-refractivity contribution in [2.75, 3.05) is 13.3 Å². The zero-order chi connectivity index (χ0) is 21.5. The van der Waals surface area contributed by atoms with Gasteiger partial charge < -0.3 is 4.74 Å². The zero-order valence-corrected chi connectivity index (χ0v) is 20.1. The summed E-state index contributed by atoms with van der Waals surface area (Å²) in [6.07, 6.45) is 0.698. The molecule has 4 aromatic carbocycles. The van der Waals surface area contributed by atoms with Crippen LogP contribution in [-0.4, -0.2) is 13.3 Å². The lowest BCUT2D eigenvalue weighted by atomic mass is 10.2. The van der Waals surface area contributed by atoms with Crippen LogP contribution in [0.4, 0.5) is 8.78 Å². The summed E-state index contributed by atoms with van der Waals surface area (Å²) in [6.45, 7) is -0.480. The van der Waals surface area contributed by atoms with Crippen molar-refractivity contribution in [3.8, 4) is 5.75 Å². The monoisotopic (exact) mass is 513 g/mol. The Hall–Kier alpha value is -2.55. The molecule has 4 aromatic rings. The third-order valence-electron chi connectivity index (χ3n) is 5.33. The van der Waals surface area contributed by atoms with Crippen molar-refractivity contribution < 1.29 is 13.5 Å². The number of benzene rings is 4.